The summed E-state index contributed by atoms with van der Waals surface area (Å²) in [4.78, 5) is 0. The Morgan fingerprint density at radius 1 is 1.62 bits per heavy atom. The highest BCUT2D eigenvalue weighted by molar-refractivity contribution is 4.85. The van der Waals surface area contributed by atoms with Gasteiger partial charge in [0.15, 0.2) is 0 Å². The van der Waals surface area contributed by atoms with Gasteiger partial charge in [-0.3, -0.25) is 0 Å². The Balaban J connectivity index is 2.22. The molecule has 1 fully saturated rings. The lowest BCUT2D eigenvalue weighted by atomic mass is 10.1. The fraction of sp³-hybridized carbons (Fsp3) is 1.00. The van der Waals surface area contributed by atoms with E-state index in [1.54, 1.807) is 6.92 Å². The van der Waals surface area contributed by atoms with Crippen LogP contribution in [0.2, 0.25) is 0 Å². The highest BCUT2D eigenvalue weighted by Crippen LogP contribution is 2.35. The Bertz CT molecular complexity index is 76.6. The van der Waals surface area contributed by atoms with E-state index in [1.807, 2.05) is 0 Å². The third-order valence-electron chi connectivity index (χ3n) is 1.57. The summed E-state index contributed by atoms with van der Waals surface area (Å²) in [6.45, 7) is 1.73. The number of nitrogens with two attached hydrogens (primary N) is 1. The maximum atomic E-state index is 12.6. The first-order valence-electron chi connectivity index (χ1n) is 3.11. The molecule has 1 nitrogen and oxygen atoms in total. The molecule has 2 atom stereocenters. The van der Waals surface area contributed by atoms with Crippen LogP contribution in [0.5, 0.6) is 0 Å². The van der Waals surface area contributed by atoms with Crippen molar-refractivity contribution in [1.29, 1.82) is 0 Å². The molecular weight excluding hydrogens is 105 g/mol. The van der Waals surface area contributed by atoms with Crippen LogP contribution in [-0.4, -0.2) is 12.2 Å². The summed E-state index contributed by atoms with van der Waals surface area (Å²) in [7, 11) is 0. The Labute approximate surface area is 49.1 Å². The predicted molar refractivity (Wildman–Crippen MR) is 31.3 cm³/mol. The minimum Gasteiger partial charge on any atom is -0.325 e. The van der Waals surface area contributed by atoms with Gasteiger partial charge in [-0.1, -0.05) is 0 Å². The van der Waals surface area contributed by atoms with E-state index in [9.17, 15) is 4.39 Å². The van der Waals surface area contributed by atoms with Crippen LogP contribution < -0.4 is 5.73 Å². The summed E-state index contributed by atoms with van der Waals surface area (Å²) in [5, 5.41) is 0. The van der Waals surface area contributed by atoms with Crippen LogP contribution in [0.25, 0.3) is 0 Å². The second kappa shape index (κ2) is 2.02. The molecule has 0 bridgehead atoms. The zero-order valence-corrected chi connectivity index (χ0v) is 5.10. The monoisotopic (exact) mass is 117 g/mol. The molecule has 0 radical (unpaired) electrons. The molecule has 1 aliphatic rings. The minimum absolute atomic E-state index is 0.262. The Hall–Kier alpha value is -0.110. The summed E-state index contributed by atoms with van der Waals surface area (Å²) in [5.74, 6) is 0.301. The quantitative estimate of drug-likeness (QED) is 0.575. The normalized spacial score (nSPS) is 27.4. The minimum atomic E-state index is -0.741. The van der Waals surface area contributed by atoms with Gasteiger partial charge in [0.1, 0.15) is 6.17 Å². The molecule has 0 amide bonds. The van der Waals surface area contributed by atoms with Crippen molar-refractivity contribution in [2.24, 2.45) is 11.7 Å². The summed E-state index contributed by atoms with van der Waals surface area (Å²) in [6.07, 6.45) is 1.35. The fourth-order valence-corrected chi connectivity index (χ4v) is 0.844. The highest BCUT2D eigenvalue weighted by Gasteiger charge is 2.33. The maximum absolute atomic E-state index is 12.6. The van der Waals surface area contributed by atoms with E-state index in [0.717, 1.165) is 12.8 Å². The lowest BCUT2D eigenvalue weighted by Gasteiger charge is -2.08. The van der Waals surface area contributed by atoms with Gasteiger partial charge in [-0.25, -0.2) is 4.39 Å². The molecule has 2 unspecified atom stereocenters. The van der Waals surface area contributed by atoms with Crippen LogP contribution in [0.15, 0.2) is 0 Å². The first-order chi connectivity index (χ1) is 3.72. The molecule has 0 aromatic rings. The van der Waals surface area contributed by atoms with Gasteiger partial charge in [0.2, 0.25) is 0 Å². The molecule has 0 heterocycles. The third-order valence-corrected chi connectivity index (χ3v) is 1.57. The first kappa shape index (κ1) is 6.02. The van der Waals surface area contributed by atoms with Gasteiger partial charge >= 0.3 is 0 Å². The van der Waals surface area contributed by atoms with Gasteiger partial charge in [-0.15, -0.1) is 0 Å². The maximum Gasteiger partial charge on any atom is 0.118 e. The molecule has 0 aliphatic heterocycles. The Morgan fingerprint density at radius 3 is 2.25 bits per heavy atom. The molecule has 1 aliphatic carbocycles. The molecule has 2 N–H and O–H groups in total. The summed E-state index contributed by atoms with van der Waals surface area (Å²) in [5.41, 5.74) is 5.30. The SMILES string of the molecule is CC(N)C(F)C1CC1. The average Bonchev–Trinajstić information content (AvgIpc) is 2.43. The van der Waals surface area contributed by atoms with Gasteiger partial charge in [0.25, 0.3) is 0 Å². The summed E-state index contributed by atoms with van der Waals surface area (Å²) in [6, 6.07) is -0.262. The number of hydrogen-bond donors (Lipinski definition) is 1. The predicted octanol–water partition coefficient (Wildman–Crippen LogP) is 1.08. The number of halogens is 1. The van der Waals surface area contributed by atoms with Crippen molar-refractivity contribution in [3.05, 3.63) is 0 Å². The molecule has 48 valence electrons. The van der Waals surface area contributed by atoms with Crippen molar-refractivity contribution < 1.29 is 4.39 Å². The van der Waals surface area contributed by atoms with E-state index >= 15 is 0 Å². The summed E-state index contributed by atoms with van der Waals surface area (Å²) < 4.78 is 12.6. The Morgan fingerprint density at radius 2 is 2.12 bits per heavy atom. The van der Waals surface area contributed by atoms with Crippen molar-refractivity contribution in [2.75, 3.05) is 0 Å². The van der Waals surface area contributed by atoms with Gasteiger partial charge in [0, 0.05) is 6.04 Å². The van der Waals surface area contributed by atoms with Crippen molar-refractivity contribution in [2.45, 2.75) is 32.0 Å². The second-order valence-electron chi connectivity index (χ2n) is 2.64. The van der Waals surface area contributed by atoms with Crippen LogP contribution in [0.1, 0.15) is 19.8 Å². The largest absolute Gasteiger partial charge is 0.325 e. The van der Waals surface area contributed by atoms with Gasteiger partial charge in [-0.05, 0) is 25.7 Å². The lowest BCUT2D eigenvalue weighted by molar-refractivity contribution is 0.259. The van der Waals surface area contributed by atoms with E-state index in [-0.39, 0.29) is 6.04 Å². The topological polar surface area (TPSA) is 26.0 Å². The van der Waals surface area contributed by atoms with Crippen molar-refractivity contribution >= 4 is 0 Å². The highest BCUT2D eigenvalue weighted by atomic mass is 19.1. The van der Waals surface area contributed by atoms with Crippen LogP contribution >= 0.6 is 0 Å². The molecule has 8 heavy (non-hydrogen) atoms. The summed E-state index contributed by atoms with van der Waals surface area (Å²) >= 11 is 0. The van der Waals surface area contributed by atoms with E-state index < -0.39 is 6.17 Å². The van der Waals surface area contributed by atoms with Crippen molar-refractivity contribution in [1.82, 2.24) is 0 Å². The second-order valence-corrected chi connectivity index (χ2v) is 2.64. The van der Waals surface area contributed by atoms with Gasteiger partial charge < -0.3 is 5.73 Å². The molecule has 0 spiro atoms. The molecular formula is C6H12FN. The molecule has 0 aromatic heterocycles. The van der Waals surface area contributed by atoms with E-state index in [2.05, 4.69) is 0 Å². The average molecular weight is 117 g/mol. The van der Waals surface area contributed by atoms with E-state index in [1.165, 1.54) is 0 Å². The molecule has 2 heteroatoms. The van der Waals surface area contributed by atoms with Gasteiger partial charge in [-0.2, -0.15) is 0 Å². The standard InChI is InChI=1S/C6H12FN/c1-4(8)6(7)5-2-3-5/h4-6H,2-3,8H2,1H3. The van der Waals surface area contributed by atoms with Gasteiger partial charge in [0.05, 0.1) is 0 Å². The van der Waals surface area contributed by atoms with Crippen LogP contribution in [0.3, 0.4) is 0 Å². The van der Waals surface area contributed by atoms with Crippen LogP contribution in [0, 0.1) is 5.92 Å². The molecule has 0 saturated heterocycles. The molecule has 0 aromatic carbocycles. The third kappa shape index (κ3) is 1.19. The van der Waals surface area contributed by atoms with E-state index in [4.69, 9.17) is 5.73 Å². The number of alkyl halides is 1. The fourth-order valence-electron chi connectivity index (χ4n) is 0.844. The smallest absolute Gasteiger partial charge is 0.118 e. The van der Waals surface area contributed by atoms with E-state index in [0.29, 0.717) is 5.92 Å². The number of hydrogen-bond acceptors (Lipinski definition) is 1. The van der Waals surface area contributed by atoms with Crippen molar-refractivity contribution in [3.8, 4) is 0 Å². The lowest BCUT2D eigenvalue weighted by Crippen LogP contribution is -2.29. The molecule has 1 saturated carbocycles. The Kier molecular flexibility index (Phi) is 1.52. The zero-order chi connectivity index (χ0) is 6.15. The first-order valence-corrected chi connectivity index (χ1v) is 3.11. The zero-order valence-electron chi connectivity index (χ0n) is 5.10. The van der Waals surface area contributed by atoms with Crippen LogP contribution in [-0.2, 0) is 0 Å². The number of rotatable bonds is 2. The van der Waals surface area contributed by atoms with Crippen LogP contribution in [0.4, 0.5) is 4.39 Å². The van der Waals surface area contributed by atoms with Crippen molar-refractivity contribution in [3.63, 3.8) is 0 Å². The molecule has 1 rings (SSSR count).